The summed E-state index contributed by atoms with van der Waals surface area (Å²) < 4.78 is 0. The number of amides is 2. The summed E-state index contributed by atoms with van der Waals surface area (Å²) in [4.78, 5) is 28.8. The van der Waals surface area contributed by atoms with Crippen LogP contribution >= 0.6 is 0 Å². The van der Waals surface area contributed by atoms with Crippen molar-refractivity contribution in [1.29, 1.82) is 0 Å². The van der Waals surface area contributed by atoms with Gasteiger partial charge in [0.25, 0.3) is 0 Å². The number of nitrogens with one attached hydrogen (secondary N) is 2. The molecule has 1 heterocycles. The van der Waals surface area contributed by atoms with Crippen LogP contribution in [0.2, 0.25) is 0 Å². The molecule has 5 heteroatoms. The molecule has 3 aromatic rings. The molecule has 44 heavy (non-hydrogen) atoms. The van der Waals surface area contributed by atoms with Crippen LogP contribution in [0, 0.1) is 5.92 Å². The number of carbonyl (C=O) groups is 2. The fraction of sp³-hybridized carbons (Fsp3) is 0.487. The van der Waals surface area contributed by atoms with Crippen molar-refractivity contribution in [2.24, 2.45) is 5.92 Å². The maximum Gasteiger partial charge on any atom is 0.221 e. The van der Waals surface area contributed by atoms with Gasteiger partial charge < -0.3 is 15.5 Å². The van der Waals surface area contributed by atoms with Gasteiger partial charge in [-0.15, -0.1) is 0 Å². The maximum atomic E-state index is 13.5. The van der Waals surface area contributed by atoms with E-state index in [1.807, 2.05) is 54.6 Å². The number of hydrogen-bond acceptors (Lipinski definition) is 3. The summed E-state index contributed by atoms with van der Waals surface area (Å²) in [5.74, 6) is 0.788. The lowest BCUT2D eigenvalue weighted by Gasteiger charge is -2.40. The molecule has 0 radical (unpaired) electrons. The molecule has 2 N–H and O–H groups in total. The van der Waals surface area contributed by atoms with Gasteiger partial charge in [-0.1, -0.05) is 117 Å². The summed E-state index contributed by atoms with van der Waals surface area (Å²) in [5, 5.41) is 6.41. The van der Waals surface area contributed by atoms with Crippen molar-refractivity contribution in [3.8, 4) is 0 Å². The molecule has 1 unspecified atom stereocenters. The summed E-state index contributed by atoms with van der Waals surface area (Å²) in [6.07, 6.45) is 12.9. The molecule has 0 spiro atoms. The number of piperidine rings is 1. The van der Waals surface area contributed by atoms with E-state index in [2.05, 4.69) is 51.9 Å². The van der Waals surface area contributed by atoms with Gasteiger partial charge in [0.05, 0.1) is 5.41 Å². The van der Waals surface area contributed by atoms with Gasteiger partial charge in [-0.05, 0) is 67.7 Å². The maximum absolute atomic E-state index is 13.5. The van der Waals surface area contributed by atoms with E-state index in [1.54, 1.807) is 0 Å². The van der Waals surface area contributed by atoms with Gasteiger partial charge >= 0.3 is 0 Å². The van der Waals surface area contributed by atoms with Crippen LogP contribution in [0.15, 0.2) is 91.0 Å². The summed E-state index contributed by atoms with van der Waals surface area (Å²) in [6, 6.07) is 31.9. The molecule has 1 saturated heterocycles. The third-order valence-corrected chi connectivity index (χ3v) is 9.86. The molecule has 1 saturated carbocycles. The van der Waals surface area contributed by atoms with Gasteiger partial charge in [-0.3, -0.25) is 9.59 Å². The Kier molecular flexibility index (Phi) is 12.0. The topological polar surface area (TPSA) is 61.4 Å². The summed E-state index contributed by atoms with van der Waals surface area (Å²) >= 11 is 0. The molecule has 5 nitrogen and oxygen atoms in total. The Morgan fingerprint density at radius 3 is 1.84 bits per heavy atom. The van der Waals surface area contributed by atoms with E-state index in [0.29, 0.717) is 25.3 Å². The van der Waals surface area contributed by atoms with Crippen LogP contribution in [-0.4, -0.2) is 48.9 Å². The Hall–Kier alpha value is -3.44. The largest absolute Gasteiger partial charge is 0.356 e. The number of hydrogen-bond donors (Lipinski definition) is 2. The highest BCUT2D eigenvalue weighted by Gasteiger charge is 2.38. The summed E-state index contributed by atoms with van der Waals surface area (Å²) in [5.41, 5.74) is 2.73. The van der Waals surface area contributed by atoms with Crippen LogP contribution in [0.25, 0.3) is 0 Å². The minimum Gasteiger partial charge on any atom is -0.356 e. The lowest BCUT2D eigenvalue weighted by molar-refractivity contribution is -0.122. The fourth-order valence-corrected chi connectivity index (χ4v) is 7.48. The standard InChI is InChI=1S/C39H51N3O2/c43-37(41-30-32-17-16-28-42(31-32)36-24-12-4-13-25-36)26-14-5-15-27-40-38(44)29-39(33-18-6-1-7-19-33,34-20-8-2-9-21-34)35-22-10-3-11-23-35/h1-3,6-11,18-23,32,36H,4-5,12-17,24-31H2,(H,40,44)(H,41,43). The van der Waals surface area contributed by atoms with E-state index < -0.39 is 5.41 Å². The SMILES string of the molecule is O=C(CCCCCNC(=O)CC(c1ccccc1)(c1ccccc1)c1ccccc1)NCC1CCCN(C2CCCCC2)C1. The average Bonchev–Trinajstić information content (AvgIpc) is 3.09. The van der Waals surface area contributed by atoms with Crippen molar-refractivity contribution >= 4 is 11.8 Å². The van der Waals surface area contributed by atoms with Crippen LogP contribution in [0.1, 0.15) is 93.7 Å². The first-order valence-electron chi connectivity index (χ1n) is 17.1. The van der Waals surface area contributed by atoms with Crippen molar-refractivity contribution in [2.75, 3.05) is 26.2 Å². The quantitative estimate of drug-likeness (QED) is 0.153. The molecule has 2 amide bonds. The number of carbonyl (C=O) groups excluding carboxylic acids is 2. The second kappa shape index (κ2) is 16.6. The predicted molar refractivity (Wildman–Crippen MR) is 179 cm³/mol. The number of unbranched alkanes of at least 4 members (excludes halogenated alkanes) is 2. The van der Waals surface area contributed by atoms with Gasteiger partial charge in [0.1, 0.15) is 0 Å². The minimum absolute atomic E-state index is 0.0362. The third kappa shape index (κ3) is 8.59. The molecule has 1 aliphatic carbocycles. The smallest absolute Gasteiger partial charge is 0.221 e. The van der Waals surface area contributed by atoms with E-state index in [0.717, 1.165) is 55.1 Å². The molecule has 2 fully saturated rings. The van der Waals surface area contributed by atoms with E-state index in [9.17, 15) is 9.59 Å². The Balaban J connectivity index is 1.06. The Morgan fingerprint density at radius 2 is 1.25 bits per heavy atom. The zero-order valence-electron chi connectivity index (χ0n) is 26.4. The second-order valence-electron chi connectivity index (χ2n) is 12.9. The highest BCUT2D eigenvalue weighted by Crippen LogP contribution is 2.42. The number of likely N-dealkylation sites (tertiary alicyclic amines) is 1. The first-order valence-corrected chi connectivity index (χ1v) is 17.1. The molecule has 5 rings (SSSR count). The van der Waals surface area contributed by atoms with Gasteiger partial charge in [-0.25, -0.2) is 0 Å². The Labute approximate surface area is 264 Å². The minimum atomic E-state index is -0.586. The summed E-state index contributed by atoms with van der Waals surface area (Å²) in [6.45, 7) is 3.81. The van der Waals surface area contributed by atoms with E-state index in [1.165, 1.54) is 51.5 Å². The van der Waals surface area contributed by atoms with E-state index >= 15 is 0 Å². The van der Waals surface area contributed by atoms with E-state index in [-0.39, 0.29) is 11.8 Å². The molecule has 234 valence electrons. The average molecular weight is 594 g/mol. The lowest BCUT2D eigenvalue weighted by Crippen LogP contribution is -2.46. The van der Waals surface area contributed by atoms with Crippen LogP contribution in [0.4, 0.5) is 0 Å². The Bertz CT molecular complexity index is 1180. The molecule has 2 aliphatic rings. The van der Waals surface area contributed by atoms with Crippen molar-refractivity contribution in [2.45, 2.75) is 88.5 Å². The molecule has 0 aromatic heterocycles. The van der Waals surface area contributed by atoms with Crippen LogP contribution in [-0.2, 0) is 15.0 Å². The van der Waals surface area contributed by atoms with Crippen LogP contribution < -0.4 is 10.6 Å². The molecule has 1 atom stereocenters. The first kappa shape index (κ1) is 32.0. The molecular formula is C39H51N3O2. The van der Waals surface area contributed by atoms with Gasteiger partial charge in [-0.2, -0.15) is 0 Å². The van der Waals surface area contributed by atoms with Crippen molar-refractivity contribution in [1.82, 2.24) is 15.5 Å². The molecule has 1 aliphatic heterocycles. The summed E-state index contributed by atoms with van der Waals surface area (Å²) in [7, 11) is 0. The fourth-order valence-electron chi connectivity index (χ4n) is 7.48. The second-order valence-corrected chi connectivity index (χ2v) is 12.9. The van der Waals surface area contributed by atoms with Crippen molar-refractivity contribution < 1.29 is 9.59 Å². The normalized spacial score (nSPS) is 18.0. The predicted octanol–water partition coefficient (Wildman–Crippen LogP) is 7.25. The van der Waals surface area contributed by atoms with Gasteiger partial charge in [0.15, 0.2) is 0 Å². The number of rotatable bonds is 14. The van der Waals surface area contributed by atoms with Crippen molar-refractivity contribution in [3.05, 3.63) is 108 Å². The molecule has 3 aromatic carbocycles. The third-order valence-electron chi connectivity index (χ3n) is 9.86. The van der Waals surface area contributed by atoms with Crippen LogP contribution in [0.5, 0.6) is 0 Å². The monoisotopic (exact) mass is 593 g/mol. The Morgan fingerprint density at radius 1 is 0.659 bits per heavy atom. The first-order chi connectivity index (χ1) is 21.6. The van der Waals surface area contributed by atoms with Gasteiger partial charge in [0, 0.05) is 38.5 Å². The molecular weight excluding hydrogens is 542 g/mol. The lowest BCUT2D eigenvalue weighted by atomic mass is 9.67. The van der Waals surface area contributed by atoms with E-state index in [4.69, 9.17) is 0 Å². The van der Waals surface area contributed by atoms with Gasteiger partial charge in [0.2, 0.25) is 11.8 Å². The highest BCUT2D eigenvalue weighted by molar-refractivity contribution is 5.80. The van der Waals surface area contributed by atoms with Crippen molar-refractivity contribution in [3.63, 3.8) is 0 Å². The number of benzene rings is 3. The van der Waals surface area contributed by atoms with Crippen LogP contribution in [0.3, 0.4) is 0 Å². The zero-order valence-corrected chi connectivity index (χ0v) is 26.4. The molecule has 0 bridgehead atoms. The zero-order chi connectivity index (χ0) is 30.5. The number of nitrogens with zero attached hydrogens (tertiary/aromatic N) is 1. The highest BCUT2D eigenvalue weighted by atomic mass is 16.2.